The average Bonchev–Trinajstić information content (AvgIpc) is 3.41. The maximum Gasteiger partial charge on any atom is 0.416 e. The Morgan fingerprint density at radius 2 is 1.69 bits per heavy atom. The van der Waals surface area contributed by atoms with Gasteiger partial charge in [0.05, 0.1) is 33.7 Å². The van der Waals surface area contributed by atoms with Gasteiger partial charge in [-0.05, 0) is 49.5 Å². The smallest absolute Gasteiger partial charge is 0.336 e. The van der Waals surface area contributed by atoms with Gasteiger partial charge in [-0.15, -0.1) is 0 Å². The third-order valence-corrected chi connectivity index (χ3v) is 7.79. The second kappa shape index (κ2) is 8.81. The Morgan fingerprint density at radius 1 is 1.00 bits per heavy atom. The van der Waals surface area contributed by atoms with Crippen molar-refractivity contribution in [3.05, 3.63) is 66.7 Å². The number of nitrogens with zero attached hydrogens (tertiary/aromatic N) is 3. The Balaban J connectivity index is 1.86. The molecule has 4 aromatic rings. The van der Waals surface area contributed by atoms with Crippen molar-refractivity contribution in [2.75, 3.05) is 19.1 Å². The van der Waals surface area contributed by atoms with Crippen molar-refractivity contribution in [2.45, 2.75) is 17.6 Å². The number of nitrogens with one attached hydrogen (secondary N) is 1. The van der Waals surface area contributed by atoms with E-state index in [2.05, 4.69) is 9.71 Å². The molecule has 0 saturated heterocycles. The number of sulfonamides is 1. The lowest BCUT2D eigenvalue weighted by Crippen LogP contribution is -2.18. The molecule has 4 rings (SSSR count). The van der Waals surface area contributed by atoms with Crippen LogP contribution in [0.15, 0.2) is 66.1 Å². The van der Waals surface area contributed by atoms with Gasteiger partial charge in [-0.1, -0.05) is 0 Å². The summed E-state index contributed by atoms with van der Waals surface area (Å²) in [6.07, 6.45) is 1.42. The molecule has 1 N–H and O–H groups in total. The third kappa shape index (κ3) is 5.26. The van der Waals surface area contributed by atoms with Gasteiger partial charge >= 0.3 is 6.18 Å². The molecule has 0 amide bonds. The van der Waals surface area contributed by atoms with Gasteiger partial charge in [0.2, 0.25) is 10.0 Å². The van der Waals surface area contributed by atoms with Gasteiger partial charge in [-0.25, -0.2) is 26.5 Å². The summed E-state index contributed by atoms with van der Waals surface area (Å²) in [5.41, 5.74) is 1.19. The number of benzene rings is 2. The van der Waals surface area contributed by atoms with E-state index in [9.17, 15) is 30.0 Å². The number of sulfone groups is 1. The molecule has 0 fully saturated rings. The molecule has 0 aliphatic carbocycles. The maximum atomic E-state index is 13.0. The summed E-state index contributed by atoms with van der Waals surface area (Å²) >= 11 is 0. The summed E-state index contributed by atoms with van der Waals surface area (Å²) in [6.45, 7) is 0.183. The van der Waals surface area contributed by atoms with Gasteiger partial charge in [-0.3, -0.25) is 0 Å². The van der Waals surface area contributed by atoms with E-state index in [1.807, 2.05) is 0 Å². The molecule has 0 atom stereocenters. The van der Waals surface area contributed by atoms with Crippen molar-refractivity contribution >= 4 is 30.8 Å². The lowest BCUT2D eigenvalue weighted by Gasteiger charge is -2.09. The number of hydrogen-bond acceptors (Lipinski definition) is 5. The molecule has 2 aromatic carbocycles. The van der Waals surface area contributed by atoms with E-state index in [4.69, 9.17) is 0 Å². The number of imidazole rings is 1. The van der Waals surface area contributed by atoms with Crippen LogP contribution < -0.4 is 4.72 Å². The van der Waals surface area contributed by atoms with Crippen LogP contribution in [0.1, 0.15) is 5.56 Å². The van der Waals surface area contributed by atoms with Crippen LogP contribution in [0.3, 0.4) is 0 Å². The van der Waals surface area contributed by atoms with Gasteiger partial charge < -0.3 is 9.13 Å². The van der Waals surface area contributed by atoms with Gasteiger partial charge in [0.25, 0.3) is 0 Å². The van der Waals surface area contributed by atoms with Crippen molar-refractivity contribution in [3.63, 3.8) is 0 Å². The Hall–Kier alpha value is -3.16. The predicted molar refractivity (Wildman–Crippen MR) is 125 cm³/mol. The molecule has 0 spiro atoms. The summed E-state index contributed by atoms with van der Waals surface area (Å²) in [5, 5.41) is 0.509. The Kier molecular flexibility index (Phi) is 6.28. The van der Waals surface area contributed by atoms with Crippen LogP contribution in [0.2, 0.25) is 0 Å². The predicted octanol–water partition coefficient (Wildman–Crippen LogP) is 3.47. The fourth-order valence-corrected chi connectivity index (χ4v) is 4.91. The first-order valence-corrected chi connectivity index (χ1v) is 13.8. The molecule has 13 heteroatoms. The van der Waals surface area contributed by atoms with Crippen molar-refractivity contribution in [1.29, 1.82) is 0 Å². The van der Waals surface area contributed by atoms with Crippen molar-refractivity contribution in [3.8, 4) is 16.9 Å². The van der Waals surface area contributed by atoms with Gasteiger partial charge in [0, 0.05) is 41.8 Å². The Bertz CT molecular complexity index is 1600. The normalized spacial score (nSPS) is 12.9. The zero-order valence-corrected chi connectivity index (χ0v) is 20.2. The molecule has 2 heterocycles. The zero-order valence-electron chi connectivity index (χ0n) is 18.6. The highest BCUT2D eigenvalue weighted by molar-refractivity contribution is 7.90. The first-order valence-electron chi connectivity index (χ1n) is 10.2. The summed E-state index contributed by atoms with van der Waals surface area (Å²) in [5.74, 6) is -0.0827. The first kappa shape index (κ1) is 24.9. The van der Waals surface area contributed by atoms with Crippen molar-refractivity contribution < 1.29 is 30.0 Å². The average molecular weight is 527 g/mol. The Morgan fingerprint density at radius 3 is 2.29 bits per heavy atom. The molecule has 2 aromatic heterocycles. The van der Waals surface area contributed by atoms with E-state index in [1.54, 1.807) is 27.6 Å². The lowest BCUT2D eigenvalue weighted by atomic mass is 10.1. The van der Waals surface area contributed by atoms with Crippen LogP contribution in [0.4, 0.5) is 13.2 Å². The minimum atomic E-state index is -4.47. The van der Waals surface area contributed by atoms with Crippen molar-refractivity contribution in [2.24, 2.45) is 0 Å². The van der Waals surface area contributed by atoms with Gasteiger partial charge in [-0.2, -0.15) is 13.2 Å². The minimum absolute atomic E-state index is 0.00966. The number of fused-ring (bicyclic) bond motifs is 1. The van der Waals surface area contributed by atoms with Gasteiger partial charge in [0.15, 0.2) is 0 Å². The van der Waals surface area contributed by atoms with Crippen LogP contribution in [-0.4, -0.2) is 50.0 Å². The monoisotopic (exact) mass is 526 g/mol. The summed E-state index contributed by atoms with van der Waals surface area (Å²) in [6, 6.07) is 9.04. The molecule has 0 radical (unpaired) electrons. The van der Waals surface area contributed by atoms with Crippen LogP contribution in [0.25, 0.3) is 27.8 Å². The van der Waals surface area contributed by atoms with E-state index >= 15 is 0 Å². The molecule has 0 aliphatic rings. The summed E-state index contributed by atoms with van der Waals surface area (Å²) in [4.78, 5) is 4.35. The zero-order chi connectivity index (χ0) is 25.6. The van der Waals surface area contributed by atoms with Crippen molar-refractivity contribution in [1.82, 2.24) is 18.8 Å². The second-order valence-corrected chi connectivity index (χ2v) is 12.1. The van der Waals surface area contributed by atoms with E-state index in [0.717, 1.165) is 18.4 Å². The van der Waals surface area contributed by atoms with E-state index < -0.39 is 31.6 Å². The molecule has 0 saturated carbocycles. The molecule has 35 heavy (non-hydrogen) atoms. The topological polar surface area (TPSA) is 103 Å². The second-order valence-electron chi connectivity index (χ2n) is 7.97. The highest BCUT2D eigenvalue weighted by atomic mass is 32.2. The lowest BCUT2D eigenvalue weighted by molar-refractivity contribution is -0.137. The SMILES string of the molecule is CNS(=O)(=O)c1ccc2c(c1)c(-c1cn(CCS(C)(=O)=O)cn1)cn2-c1ccc(C(F)(F)F)cc1. The minimum Gasteiger partial charge on any atom is -0.336 e. The third-order valence-electron chi connectivity index (χ3n) is 5.46. The largest absolute Gasteiger partial charge is 0.416 e. The number of halogens is 3. The highest BCUT2D eigenvalue weighted by Crippen LogP contribution is 2.35. The van der Waals surface area contributed by atoms with Crippen LogP contribution in [0, 0.1) is 0 Å². The van der Waals surface area contributed by atoms with Crippen LogP contribution in [0.5, 0.6) is 0 Å². The fourth-order valence-electron chi connectivity index (χ4n) is 3.62. The quantitative estimate of drug-likeness (QED) is 0.397. The van der Waals surface area contributed by atoms with E-state index in [-0.39, 0.29) is 17.2 Å². The standard InChI is InChI=1S/C22H21F3N4O4S2/c1-26-35(32,33)17-7-8-21-18(11-17)19(20-13-28(14-27-20)9-10-34(2,30)31)12-29(21)16-5-3-15(4-6-16)22(23,24)25/h3-8,11-14,26H,9-10H2,1-2H3. The first-order chi connectivity index (χ1) is 16.3. The summed E-state index contributed by atoms with van der Waals surface area (Å²) in [7, 11) is -5.66. The van der Waals surface area contributed by atoms with Gasteiger partial charge in [0.1, 0.15) is 9.84 Å². The van der Waals surface area contributed by atoms with Crippen LogP contribution >= 0.6 is 0 Å². The fraction of sp³-hybridized carbons (Fsp3) is 0.227. The number of alkyl halides is 3. The maximum absolute atomic E-state index is 13.0. The Labute approximate surface area is 200 Å². The molecule has 0 aliphatic heterocycles. The number of hydrogen-bond donors (Lipinski definition) is 1. The van der Waals surface area contributed by atoms with E-state index in [1.165, 1.54) is 37.6 Å². The molecule has 0 bridgehead atoms. The summed E-state index contributed by atoms with van der Waals surface area (Å²) < 4.78 is 92.3. The molecule has 0 unspecified atom stereocenters. The number of aryl methyl sites for hydroxylation is 1. The highest BCUT2D eigenvalue weighted by Gasteiger charge is 2.30. The molecule has 8 nitrogen and oxygen atoms in total. The molecular weight excluding hydrogens is 505 g/mol. The number of aromatic nitrogens is 3. The molecular formula is C22H21F3N4O4S2. The van der Waals surface area contributed by atoms with Crippen LogP contribution in [-0.2, 0) is 32.6 Å². The molecule has 186 valence electrons. The number of rotatable bonds is 7. The van der Waals surface area contributed by atoms with E-state index in [0.29, 0.717) is 27.8 Å².